The summed E-state index contributed by atoms with van der Waals surface area (Å²) in [6, 6.07) is 4.06. The van der Waals surface area contributed by atoms with E-state index in [1.807, 2.05) is 29.2 Å². The number of pyridine rings is 1. The first-order valence-corrected chi connectivity index (χ1v) is 10.4. The Morgan fingerprint density at radius 1 is 1.38 bits per heavy atom. The topological polar surface area (TPSA) is 100 Å². The molecule has 2 bridgehead atoms. The summed E-state index contributed by atoms with van der Waals surface area (Å²) in [5.41, 5.74) is 0.804. The first-order valence-electron chi connectivity index (χ1n) is 10.4. The second kappa shape index (κ2) is 6.13. The smallest absolute Gasteiger partial charge is 0.230 e. The zero-order valence-electron chi connectivity index (χ0n) is 16.0. The zero-order chi connectivity index (χ0) is 19.6. The number of likely N-dealkylation sites (tertiary alicyclic amines) is 1. The maximum Gasteiger partial charge on any atom is 0.230 e. The van der Waals surface area contributed by atoms with Gasteiger partial charge in [-0.2, -0.15) is 5.10 Å². The number of nitrogens with one attached hydrogen (secondary N) is 2. The first kappa shape index (κ1) is 17.1. The Bertz CT molecular complexity index is 1030. The molecule has 4 aliphatic rings. The van der Waals surface area contributed by atoms with Crippen LogP contribution in [0.5, 0.6) is 0 Å². The molecule has 6 rings (SSSR count). The molecule has 1 spiro atoms. The molecule has 2 aromatic heterocycles. The highest BCUT2D eigenvalue weighted by molar-refractivity contribution is 5.93. The second-order valence-corrected chi connectivity index (χ2v) is 8.60. The summed E-state index contributed by atoms with van der Waals surface area (Å²) < 4.78 is 6.22. The highest BCUT2D eigenvalue weighted by Crippen LogP contribution is 2.53. The molecule has 8 nitrogen and oxygen atoms in total. The van der Waals surface area contributed by atoms with Crippen molar-refractivity contribution in [1.29, 1.82) is 0 Å². The number of hydrogen-bond acceptors (Lipinski definition) is 5. The third-order valence-electron chi connectivity index (χ3n) is 7.05. The van der Waals surface area contributed by atoms with Gasteiger partial charge in [0.1, 0.15) is 5.60 Å². The molecule has 2 N–H and O–H groups in total. The van der Waals surface area contributed by atoms with Crippen LogP contribution in [0.3, 0.4) is 0 Å². The standard InChI is InChI=1S/C21H23N5O3/c27-19(23-10-14-13-6-3-9-22-18(13)25-24-14)16-15-7-8-21(29-15)11-26(20(28)17(16)21)12-4-1-2-5-12/h3,6-9,12,15-17H,1-2,4-5,10-11H2,(H,23,27)(H,22,24,25)/t15-,16-,17+,21-/m0/s1. The third-order valence-corrected chi connectivity index (χ3v) is 7.05. The number of amides is 2. The highest BCUT2D eigenvalue weighted by atomic mass is 16.5. The first-order chi connectivity index (χ1) is 14.2. The van der Waals surface area contributed by atoms with Crippen molar-refractivity contribution in [2.24, 2.45) is 11.8 Å². The number of carbonyl (C=O) groups excluding carboxylic acids is 2. The lowest BCUT2D eigenvalue weighted by Crippen LogP contribution is -2.44. The fraction of sp³-hybridized carbons (Fsp3) is 0.524. The fourth-order valence-electron chi connectivity index (χ4n) is 5.68. The van der Waals surface area contributed by atoms with E-state index in [1.165, 1.54) is 12.8 Å². The van der Waals surface area contributed by atoms with Gasteiger partial charge in [-0.25, -0.2) is 4.98 Å². The predicted molar refractivity (Wildman–Crippen MR) is 103 cm³/mol. The van der Waals surface area contributed by atoms with Gasteiger partial charge in [-0.3, -0.25) is 14.7 Å². The molecule has 150 valence electrons. The summed E-state index contributed by atoms with van der Waals surface area (Å²) >= 11 is 0. The van der Waals surface area contributed by atoms with E-state index in [0.29, 0.717) is 24.8 Å². The van der Waals surface area contributed by atoms with Crippen LogP contribution in [0.15, 0.2) is 30.5 Å². The minimum atomic E-state index is -0.628. The maximum atomic E-state index is 13.3. The van der Waals surface area contributed by atoms with Gasteiger partial charge in [-0.15, -0.1) is 0 Å². The fourth-order valence-corrected chi connectivity index (χ4v) is 5.68. The molecule has 0 radical (unpaired) electrons. The predicted octanol–water partition coefficient (Wildman–Crippen LogP) is 1.30. The van der Waals surface area contributed by atoms with Crippen LogP contribution in [0.4, 0.5) is 0 Å². The third kappa shape index (κ3) is 2.41. The molecule has 0 unspecified atom stereocenters. The van der Waals surface area contributed by atoms with E-state index < -0.39 is 17.4 Å². The van der Waals surface area contributed by atoms with E-state index in [0.717, 1.165) is 23.9 Å². The number of rotatable bonds is 4. The number of fused-ring (bicyclic) bond motifs is 2. The number of carbonyl (C=O) groups is 2. The lowest BCUT2D eigenvalue weighted by atomic mass is 9.77. The van der Waals surface area contributed by atoms with Gasteiger partial charge in [0.25, 0.3) is 0 Å². The van der Waals surface area contributed by atoms with Crippen molar-refractivity contribution >= 4 is 22.8 Å². The Morgan fingerprint density at radius 2 is 2.24 bits per heavy atom. The van der Waals surface area contributed by atoms with Gasteiger partial charge < -0.3 is 15.0 Å². The van der Waals surface area contributed by atoms with Crippen molar-refractivity contribution in [3.8, 4) is 0 Å². The maximum absolute atomic E-state index is 13.3. The van der Waals surface area contributed by atoms with E-state index in [2.05, 4.69) is 20.5 Å². The summed E-state index contributed by atoms with van der Waals surface area (Å²) in [5, 5.41) is 11.0. The Balaban J connectivity index is 1.22. The molecule has 2 saturated heterocycles. The summed E-state index contributed by atoms with van der Waals surface area (Å²) in [7, 11) is 0. The van der Waals surface area contributed by atoms with Crippen LogP contribution in [0, 0.1) is 11.8 Å². The molecule has 0 aromatic carbocycles. The lowest BCUT2D eigenvalue weighted by Gasteiger charge is -2.27. The Hall–Kier alpha value is -2.74. The van der Waals surface area contributed by atoms with Gasteiger partial charge in [-0.05, 0) is 25.0 Å². The van der Waals surface area contributed by atoms with Gasteiger partial charge in [-0.1, -0.05) is 25.0 Å². The Morgan fingerprint density at radius 3 is 3.10 bits per heavy atom. The monoisotopic (exact) mass is 393 g/mol. The number of H-pyrrole nitrogens is 1. The van der Waals surface area contributed by atoms with Crippen molar-refractivity contribution < 1.29 is 14.3 Å². The zero-order valence-corrected chi connectivity index (χ0v) is 16.0. The summed E-state index contributed by atoms with van der Waals surface area (Å²) in [4.78, 5) is 32.6. The van der Waals surface area contributed by atoms with Crippen LogP contribution >= 0.6 is 0 Å². The van der Waals surface area contributed by atoms with Crippen molar-refractivity contribution in [2.75, 3.05) is 6.54 Å². The van der Waals surface area contributed by atoms with E-state index in [4.69, 9.17) is 4.74 Å². The molecule has 3 aliphatic heterocycles. The molecule has 2 amide bonds. The van der Waals surface area contributed by atoms with Gasteiger partial charge in [0, 0.05) is 17.6 Å². The number of hydrogen-bond donors (Lipinski definition) is 2. The van der Waals surface area contributed by atoms with Crippen LogP contribution in [0.1, 0.15) is 31.4 Å². The van der Waals surface area contributed by atoms with E-state index in [-0.39, 0.29) is 17.9 Å². The summed E-state index contributed by atoms with van der Waals surface area (Å²) in [6.07, 6.45) is 9.79. The van der Waals surface area contributed by atoms with Crippen LogP contribution in [0.2, 0.25) is 0 Å². The molecule has 5 heterocycles. The molecule has 1 saturated carbocycles. The molecule has 8 heteroatoms. The molecule has 4 atom stereocenters. The Kier molecular flexibility index (Phi) is 3.62. The number of aromatic amines is 1. The minimum Gasteiger partial charge on any atom is -0.360 e. The lowest BCUT2D eigenvalue weighted by molar-refractivity contribution is -0.138. The van der Waals surface area contributed by atoms with Crippen LogP contribution in [-0.4, -0.2) is 56.2 Å². The second-order valence-electron chi connectivity index (χ2n) is 8.60. The van der Waals surface area contributed by atoms with E-state index >= 15 is 0 Å². The van der Waals surface area contributed by atoms with E-state index in [1.54, 1.807) is 6.20 Å². The Labute approximate surface area is 167 Å². The molecular weight excluding hydrogens is 370 g/mol. The van der Waals surface area contributed by atoms with Crippen molar-refractivity contribution in [3.05, 3.63) is 36.2 Å². The normalized spacial score (nSPS) is 33.2. The molecule has 1 aliphatic carbocycles. The largest absolute Gasteiger partial charge is 0.360 e. The molecular formula is C21H23N5O3. The summed E-state index contributed by atoms with van der Waals surface area (Å²) in [5.74, 6) is -0.955. The van der Waals surface area contributed by atoms with Gasteiger partial charge in [0.2, 0.25) is 11.8 Å². The van der Waals surface area contributed by atoms with Gasteiger partial charge >= 0.3 is 0 Å². The van der Waals surface area contributed by atoms with Crippen molar-refractivity contribution in [2.45, 2.75) is 50.0 Å². The SMILES string of the molecule is O=C(NCc1[nH]nc2ncccc12)[C@H]1[C@@H]2C=C[C@@]3(CN(C4CCCC4)C(=O)[C@@H]13)O2. The van der Waals surface area contributed by atoms with Crippen LogP contribution in [0.25, 0.3) is 11.0 Å². The number of ether oxygens (including phenoxy) is 1. The average Bonchev–Trinajstić information content (AvgIpc) is 3.53. The van der Waals surface area contributed by atoms with Gasteiger partial charge in [0.15, 0.2) is 5.65 Å². The molecule has 3 fully saturated rings. The quantitative estimate of drug-likeness (QED) is 0.763. The van der Waals surface area contributed by atoms with Crippen molar-refractivity contribution in [1.82, 2.24) is 25.4 Å². The molecule has 2 aromatic rings. The average molecular weight is 393 g/mol. The van der Waals surface area contributed by atoms with Crippen LogP contribution < -0.4 is 5.32 Å². The van der Waals surface area contributed by atoms with Crippen LogP contribution in [-0.2, 0) is 20.9 Å². The number of nitrogens with zero attached hydrogens (tertiary/aromatic N) is 3. The highest BCUT2D eigenvalue weighted by Gasteiger charge is 2.67. The van der Waals surface area contributed by atoms with Crippen molar-refractivity contribution in [3.63, 3.8) is 0 Å². The summed E-state index contributed by atoms with van der Waals surface area (Å²) in [6.45, 7) is 0.892. The van der Waals surface area contributed by atoms with Gasteiger partial charge in [0.05, 0.1) is 36.7 Å². The molecule has 29 heavy (non-hydrogen) atoms. The number of aromatic nitrogens is 3. The minimum absolute atomic E-state index is 0.0834. The van der Waals surface area contributed by atoms with E-state index in [9.17, 15) is 9.59 Å².